The largest absolute Gasteiger partial charge is 0.497 e. The van der Waals surface area contributed by atoms with E-state index in [0.29, 0.717) is 23.6 Å². The summed E-state index contributed by atoms with van der Waals surface area (Å²) in [6.07, 6.45) is 0.453. The van der Waals surface area contributed by atoms with Crippen molar-refractivity contribution in [2.24, 2.45) is 10.2 Å². The normalized spacial score (nSPS) is 10.8. The Hall–Kier alpha value is -4.32. The molecule has 0 spiro atoms. The summed E-state index contributed by atoms with van der Waals surface area (Å²) in [6, 6.07) is 14.3. The lowest BCUT2D eigenvalue weighted by Crippen LogP contribution is -2.22. The van der Waals surface area contributed by atoms with E-state index < -0.39 is 11.4 Å². The van der Waals surface area contributed by atoms with Gasteiger partial charge in [-0.15, -0.1) is 10.2 Å². The quantitative estimate of drug-likeness (QED) is 0.510. The maximum atomic E-state index is 13.1. The second kappa shape index (κ2) is 10.3. The molecule has 0 fully saturated rings. The van der Waals surface area contributed by atoms with Gasteiger partial charge in [-0.05, 0) is 43.2 Å². The third kappa shape index (κ3) is 4.96. The van der Waals surface area contributed by atoms with Gasteiger partial charge in [-0.3, -0.25) is 9.36 Å². The molecule has 0 radical (unpaired) electrons. The van der Waals surface area contributed by atoms with Crippen molar-refractivity contribution in [1.82, 2.24) is 4.57 Å². The van der Waals surface area contributed by atoms with Gasteiger partial charge >= 0.3 is 0 Å². The zero-order chi connectivity index (χ0) is 24.0. The molecule has 1 N–H and O–H groups in total. The highest BCUT2D eigenvalue weighted by molar-refractivity contribution is 5.58. The molecule has 0 atom stereocenters. The number of aromatic nitrogens is 1. The summed E-state index contributed by atoms with van der Waals surface area (Å²) in [5, 5.41) is 28.4. The van der Waals surface area contributed by atoms with E-state index >= 15 is 0 Å². The lowest BCUT2D eigenvalue weighted by atomic mass is 10.1. The minimum Gasteiger partial charge on any atom is -0.497 e. The van der Waals surface area contributed by atoms with E-state index in [1.165, 1.54) is 14.2 Å². The molecule has 0 saturated heterocycles. The molecule has 0 amide bonds. The Labute approximate surface area is 191 Å². The van der Waals surface area contributed by atoms with E-state index in [1.807, 2.05) is 30.3 Å². The van der Waals surface area contributed by atoms with E-state index in [1.54, 1.807) is 32.2 Å². The lowest BCUT2D eigenvalue weighted by Gasteiger charge is -2.13. The molecule has 0 saturated carbocycles. The maximum absolute atomic E-state index is 13.1. The van der Waals surface area contributed by atoms with Crippen LogP contribution in [-0.2, 0) is 13.0 Å². The molecule has 170 valence electrons. The van der Waals surface area contributed by atoms with Gasteiger partial charge in [0.25, 0.3) is 5.56 Å². The summed E-state index contributed by atoms with van der Waals surface area (Å²) in [7, 11) is 4.60. The topological polar surface area (TPSA) is 118 Å². The monoisotopic (exact) mass is 448 g/mol. The van der Waals surface area contributed by atoms with Crippen LogP contribution in [0.5, 0.6) is 23.1 Å². The fraction of sp³-hybridized carbons (Fsp3) is 0.250. The van der Waals surface area contributed by atoms with Crippen molar-refractivity contribution in [2.45, 2.75) is 19.9 Å². The Morgan fingerprint density at radius 2 is 1.67 bits per heavy atom. The van der Waals surface area contributed by atoms with Crippen LogP contribution in [0.25, 0.3) is 0 Å². The van der Waals surface area contributed by atoms with Gasteiger partial charge in [-0.25, -0.2) is 0 Å². The van der Waals surface area contributed by atoms with E-state index in [2.05, 4.69) is 10.2 Å². The van der Waals surface area contributed by atoms with Crippen LogP contribution in [0.3, 0.4) is 0 Å². The number of rotatable bonds is 8. The number of benzene rings is 2. The van der Waals surface area contributed by atoms with Crippen LogP contribution < -0.4 is 19.8 Å². The fourth-order valence-electron chi connectivity index (χ4n) is 3.27. The summed E-state index contributed by atoms with van der Waals surface area (Å²) in [6.45, 7) is 1.70. The molecule has 1 aromatic heterocycles. The van der Waals surface area contributed by atoms with Gasteiger partial charge in [0, 0.05) is 18.2 Å². The zero-order valence-corrected chi connectivity index (χ0v) is 18.8. The Kier molecular flexibility index (Phi) is 7.31. The minimum atomic E-state index is -0.547. The lowest BCUT2D eigenvalue weighted by molar-refractivity contribution is 0.395. The van der Waals surface area contributed by atoms with Crippen LogP contribution in [-0.4, -0.2) is 31.0 Å². The molecule has 0 aliphatic rings. The third-order valence-corrected chi connectivity index (χ3v) is 5.20. The average molecular weight is 448 g/mol. The second-order valence-electron chi connectivity index (χ2n) is 7.08. The number of hydrogen-bond donors (Lipinski definition) is 1. The van der Waals surface area contributed by atoms with Crippen LogP contribution in [0.2, 0.25) is 0 Å². The number of methoxy groups -OCH3 is 3. The Morgan fingerprint density at radius 1 is 1.00 bits per heavy atom. The molecule has 0 aliphatic heterocycles. The highest BCUT2D eigenvalue weighted by atomic mass is 16.5. The van der Waals surface area contributed by atoms with Crippen molar-refractivity contribution < 1.29 is 19.3 Å². The molecule has 9 nitrogen and oxygen atoms in total. The summed E-state index contributed by atoms with van der Waals surface area (Å²) < 4.78 is 16.8. The summed E-state index contributed by atoms with van der Waals surface area (Å²) >= 11 is 0. The summed E-state index contributed by atoms with van der Waals surface area (Å²) in [5.41, 5.74) is 0.961. The molecule has 9 heteroatoms. The Morgan fingerprint density at radius 3 is 2.27 bits per heavy atom. The first-order chi connectivity index (χ1) is 15.9. The molecule has 33 heavy (non-hydrogen) atoms. The van der Waals surface area contributed by atoms with Gasteiger partial charge in [0.1, 0.15) is 34.6 Å². The Balaban J connectivity index is 1.99. The van der Waals surface area contributed by atoms with Crippen LogP contribution in [0, 0.1) is 18.3 Å². The van der Waals surface area contributed by atoms with E-state index in [4.69, 9.17) is 14.2 Å². The van der Waals surface area contributed by atoms with Crippen LogP contribution in [0.1, 0.15) is 16.7 Å². The first-order valence-corrected chi connectivity index (χ1v) is 10.1. The van der Waals surface area contributed by atoms with Crippen LogP contribution in [0.15, 0.2) is 57.5 Å². The number of pyridine rings is 1. The molecule has 0 unspecified atom stereocenters. The molecule has 3 rings (SSSR count). The number of nitriles is 1. The number of azo groups is 1. The van der Waals surface area contributed by atoms with Gasteiger partial charge in [-0.2, -0.15) is 5.26 Å². The molecule has 0 bridgehead atoms. The second-order valence-corrected chi connectivity index (χ2v) is 7.08. The fourth-order valence-corrected chi connectivity index (χ4v) is 3.27. The van der Waals surface area contributed by atoms with Gasteiger partial charge in [0.2, 0.25) is 5.88 Å². The van der Waals surface area contributed by atoms with Crippen molar-refractivity contribution in [1.29, 1.82) is 5.26 Å². The third-order valence-electron chi connectivity index (χ3n) is 5.20. The number of hydrogen-bond acceptors (Lipinski definition) is 8. The maximum Gasteiger partial charge on any atom is 0.281 e. The predicted molar refractivity (Wildman–Crippen MR) is 122 cm³/mol. The number of aromatic hydroxyl groups is 1. The highest BCUT2D eigenvalue weighted by Crippen LogP contribution is 2.33. The summed E-state index contributed by atoms with van der Waals surface area (Å²) in [4.78, 5) is 13.1. The standard InChI is InChI=1S/C24H24N4O5/c1-15-19(14-25)23(29)28(12-11-16-5-7-17(31-2)8-6-16)24(30)22(15)27-26-20-10-9-18(32-3)13-21(20)33-4/h5-10,13,29H,11-12H2,1-4H3. The zero-order valence-electron chi connectivity index (χ0n) is 18.8. The molecular formula is C24H24N4O5. The molecule has 3 aromatic rings. The first kappa shape index (κ1) is 23.3. The minimum absolute atomic E-state index is 0.0278. The van der Waals surface area contributed by atoms with Crippen LogP contribution in [0.4, 0.5) is 11.4 Å². The highest BCUT2D eigenvalue weighted by Gasteiger charge is 2.19. The number of aryl methyl sites for hydroxylation is 1. The van der Waals surface area contributed by atoms with E-state index in [0.717, 1.165) is 15.9 Å². The van der Waals surface area contributed by atoms with Crippen LogP contribution >= 0.6 is 0 Å². The molecular weight excluding hydrogens is 424 g/mol. The smallest absolute Gasteiger partial charge is 0.281 e. The predicted octanol–water partition coefficient (Wildman–Crippen LogP) is 4.42. The van der Waals surface area contributed by atoms with E-state index in [9.17, 15) is 15.2 Å². The van der Waals surface area contributed by atoms with Crippen molar-refractivity contribution in [3.8, 4) is 29.2 Å². The molecule has 1 heterocycles. The van der Waals surface area contributed by atoms with Gasteiger partial charge in [-0.1, -0.05) is 12.1 Å². The Bertz CT molecular complexity index is 1270. The molecule has 2 aromatic carbocycles. The average Bonchev–Trinajstić information content (AvgIpc) is 2.84. The van der Waals surface area contributed by atoms with Crippen molar-refractivity contribution >= 4 is 11.4 Å². The van der Waals surface area contributed by atoms with E-state index in [-0.39, 0.29) is 23.4 Å². The number of nitrogens with zero attached hydrogens (tertiary/aromatic N) is 4. The SMILES string of the molecule is COc1ccc(CCn2c(O)c(C#N)c(C)c(N=Nc3ccc(OC)cc3OC)c2=O)cc1. The first-order valence-electron chi connectivity index (χ1n) is 10.1. The van der Waals surface area contributed by atoms with Crippen molar-refractivity contribution in [2.75, 3.05) is 21.3 Å². The van der Waals surface area contributed by atoms with Gasteiger partial charge < -0.3 is 19.3 Å². The van der Waals surface area contributed by atoms with Crippen molar-refractivity contribution in [3.05, 3.63) is 69.5 Å². The van der Waals surface area contributed by atoms with Gasteiger partial charge in [0.05, 0.1) is 21.3 Å². The molecule has 0 aliphatic carbocycles. The number of ether oxygens (including phenoxy) is 3. The summed E-state index contributed by atoms with van der Waals surface area (Å²) in [5.74, 6) is 1.32. The van der Waals surface area contributed by atoms with Gasteiger partial charge in [0.15, 0.2) is 5.69 Å². The van der Waals surface area contributed by atoms with Crippen molar-refractivity contribution in [3.63, 3.8) is 0 Å².